The SMILES string of the molecule is NN1C=CCN=CC1=O. The molecule has 0 saturated heterocycles. The molecule has 0 fully saturated rings. The van der Waals surface area contributed by atoms with Crippen LogP contribution in [0.25, 0.3) is 0 Å². The second-order valence-corrected chi connectivity index (χ2v) is 1.62. The van der Waals surface area contributed by atoms with Gasteiger partial charge in [0.2, 0.25) is 0 Å². The van der Waals surface area contributed by atoms with Crippen LogP contribution in [0.15, 0.2) is 17.3 Å². The van der Waals surface area contributed by atoms with Crippen LogP contribution in [0.3, 0.4) is 0 Å². The first-order valence-electron chi connectivity index (χ1n) is 2.55. The number of hydrazine groups is 1. The summed E-state index contributed by atoms with van der Waals surface area (Å²) in [5.41, 5.74) is 0. The highest BCUT2D eigenvalue weighted by atomic mass is 16.2. The Bertz CT molecular complexity index is 173. The van der Waals surface area contributed by atoms with Gasteiger partial charge in [0.1, 0.15) is 0 Å². The number of nitrogens with zero attached hydrogens (tertiary/aromatic N) is 2. The van der Waals surface area contributed by atoms with E-state index in [0.29, 0.717) is 6.54 Å². The third-order valence-corrected chi connectivity index (χ3v) is 0.933. The lowest BCUT2D eigenvalue weighted by molar-refractivity contribution is -0.121. The average Bonchev–Trinajstić information content (AvgIpc) is 1.99. The van der Waals surface area contributed by atoms with Gasteiger partial charge in [-0.3, -0.25) is 14.8 Å². The van der Waals surface area contributed by atoms with E-state index >= 15 is 0 Å². The van der Waals surface area contributed by atoms with E-state index < -0.39 is 0 Å². The third-order valence-electron chi connectivity index (χ3n) is 0.933. The van der Waals surface area contributed by atoms with Crippen molar-refractivity contribution in [2.45, 2.75) is 0 Å². The molecule has 9 heavy (non-hydrogen) atoms. The summed E-state index contributed by atoms with van der Waals surface area (Å²) in [6.45, 7) is 0.527. The van der Waals surface area contributed by atoms with Crippen molar-refractivity contribution in [1.82, 2.24) is 5.01 Å². The monoisotopic (exact) mass is 125 g/mol. The number of hydrogen-bond acceptors (Lipinski definition) is 3. The van der Waals surface area contributed by atoms with Crippen molar-refractivity contribution in [3.05, 3.63) is 12.3 Å². The molecule has 0 aromatic rings. The minimum absolute atomic E-state index is 0.288. The Labute approximate surface area is 52.6 Å². The topological polar surface area (TPSA) is 58.7 Å². The molecule has 0 atom stereocenters. The number of hydrogen-bond donors (Lipinski definition) is 1. The molecule has 1 amide bonds. The van der Waals surface area contributed by atoms with Gasteiger partial charge in [-0.1, -0.05) is 0 Å². The van der Waals surface area contributed by atoms with Crippen LogP contribution < -0.4 is 5.84 Å². The lowest BCUT2D eigenvalue weighted by Crippen LogP contribution is -2.32. The fraction of sp³-hybridized carbons (Fsp3) is 0.200. The Kier molecular flexibility index (Phi) is 1.60. The van der Waals surface area contributed by atoms with E-state index in [2.05, 4.69) is 4.99 Å². The molecule has 1 aliphatic rings. The molecule has 0 aliphatic carbocycles. The molecule has 0 saturated carbocycles. The molecular weight excluding hydrogens is 118 g/mol. The molecule has 0 radical (unpaired) electrons. The molecule has 1 heterocycles. The molecule has 1 rings (SSSR count). The van der Waals surface area contributed by atoms with Gasteiger partial charge < -0.3 is 0 Å². The Balaban J connectivity index is 2.73. The highest BCUT2D eigenvalue weighted by Gasteiger charge is 2.02. The standard InChI is InChI=1S/C5H7N3O/c6-8-3-1-2-7-4-5(8)9/h1,3-4H,2,6H2. The summed E-state index contributed by atoms with van der Waals surface area (Å²) < 4.78 is 0. The first-order valence-corrected chi connectivity index (χ1v) is 2.55. The van der Waals surface area contributed by atoms with Crippen LogP contribution in [-0.2, 0) is 4.79 Å². The van der Waals surface area contributed by atoms with E-state index in [1.54, 1.807) is 6.08 Å². The van der Waals surface area contributed by atoms with Crippen molar-refractivity contribution >= 4 is 12.1 Å². The van der Waals surface area contributed by atoms with E-state index in [0.717, 1.165) is 5.01 Å². The summed E-state index contributed by atoms with van der Waals surface area (Å²) in [7, 11) is 0. The van der Waals surface area contributed by atoms with Gasteiger partial charge in [-0.25, -0.2) is 5.84 Å². The zero-order chi connectivity index (χ0) is 6.69. The molecule has 0 spiro atoms. The fourth-order valence-electron chi connectivity index (χ4n) is 0.492. The van der Waals surface area contributed by atoms with Crippen molar-refractivity contribution < 1.29 is 4.79 Å². The number of rotatable bonds is 0. The van der Waals surface area contributed by atoms with Gasteiger partial charge in [-0.05, 0) is 6.08 Å². The van der Waals surface area contributed by atoms with Gasteiger partial charge >= 0.3 is 0 Å². The highest BCUT2D eigenvalue weighted by molar-refractivity contribution is 6.26. The zero-order valence-electron chi connectivity index (χ0n) is 4.82. The van der Waals surface area contributed by atoms with Crippen molar-refractivity contribution in [3.8, 4) is 0 Å². The van der Waals surface area contributed by atoms with Crippen molar-refractivity contribution in [2.24, 2.45) is 10.8 Å². The molecule has 0 unspecified atom stereocenters. The maximum atomic E-state index is 10.6. The molecule has 2 N–H and O–H groups in total. The van der Waals surface area contributed by atoms with Gasteiger partial charge in [0, 0.05) is 6.20 Å². The van der Waals surface area contributed by atoms with Crippen LogP contribution in [0, 0.1) is 0 Å². The highest BCUT2D eigenvalue weighted by Crippen LogP contribution is 1.86. The second kappa shape index (κ2) is 2.41. The van der Waals surface area contributed by atoms with E-state index in [4.69, 9.17) is 5.84 Å². The van der Waals surface area contributed by atoms with Crippen LogP contribution in [0.4, 0.5) is 0 Å². The minimum atomic E-state index is -0.288. The smallest absolute Gasteiger partial charge is 0.282 e. The molecule has 0 bridgehead atoms. The molecule has 4 heteroatoms. The largest absolute Gasteiger partial charge is 0.283 e. The minimum Gasteiger partial charge on any atom is -0.283 e. The van der Waals surface area contributed by atoms with Crippen molar-refractivity contribution in [2.75, 3.05) is 6.54 Å². The van der Waals surface area contributed by atoms with Crippen LogP contribution in [0.2, 0.25) is 0 Å². The zero-order valence-corrected chi connectivity index (χ0v) is 4.82. The number of nitrogens with two attached hydrogens (primary N) is 1. The van der Waals surface area contributed by atoms with E-state index in [1.165, 1.54) is 12.4 Å². The van der Waals surface area contributed by atoms with E-state index in [1.807, 2.05) is 0 Å². The van der Waals surface area contributed by atoms with Gasteiger partial charge in [0.15, 0.2) is 0 Å². The number of carbonyl (C=O) groups excluding carboxylic acids is 1. The molecule has 48 valence electrons. The maximum Gasteiger partial charge on any atom is 0.282 e. The van der Waals surface area contributed by atoms with Crippen molar-refractivity contribution in [3.63, 3.8) is 0 Å². The lowest BCUT2D eigenvalue weighted by Gasteiger charge is -2.03. The molecule has 0 aromatic heterocycles. The van der Waals surface area contributed by atoms with Crippen LogP contribution in [0.5, 0.6) is 0 Å². The van der Waals surface area contributed by atoms with E-state index in [-0.39, 0.29) is 5.91 Å². The molecule has 0 aromatic carbocycles. The summed E-state index contributed by atoms with van der Waals surface area (Å²) >= 11 is 0. The summed E-state index contributed by atoms with van der Waals surface area (Å²) in [5.74, 6) is 4.90. The van der Waals surface area contributed by atoms with E-state index in [9.17, 15) is 4.79 Å². The molecular formula is C5H7N3O. The van der Waals surface area contributed by atoms with Gasteiger partial charge in [0.25, 0.3) is 5.91 Å². The number of amides is 1. The molecule has 1 aliphatic heterocycles. The van der Waals surface area contributed by atoms with Crippen LogP contribution in [0.1, 0.15) is 0 Å². The van der Waals surface area contributed by atoms with Gasteiger partial charge in [-0.15, -0.1) is 0 Å². The Morgan fingerprint density at radius 1 is 1.78 bits per heavy atom. The second-order valence-electron chi connectivity index (χ2n) is 1.62. The predicted molar refractivity (Wildman–Crippen MR) is 33.5 cm³/mol. The Hall–Kier alpha value is -1.16. The van der Waals surface area contributed by atoms with Gasteiger partial charge in [0.05, 0.1) is 12.8 Å². The Morgan fingerprint density at radius 2 is 2.56 bits per heavy atom. The Morgan fingerprint density at radius 3 is 3.33 bits per heavy atom. The fourth-order valence-corrected chi connectivity index (χ4v) is 0.492. The normalized spacial score (nSPS) is 18.3. The van der Waals surface area contributed by atoms with Gasteiger partial charge in [-0.2, -0.15) is 0 Å². The first kappa shape index (κ1) is 5.97. The third kappa shape index (κ3) is 1.36. The summed E-state index contributed by atoms with van der Waals surface area (Å²) in [6, 6.07) is 0. The van der Waals surface area contributed by atoms with Crippen LogP contribution >= 0.6 is 0 Å². The average molecular weight is 125 g/mol. The summed E-state index contributed by atoms with van der Waals surface area (Å²) in [5, 5.41) is 0.997. The number of carbonyl (C=O) groups is 1. The number of aliphatic imine (C=N–C) groups is 1. The summed E-state index contributed by atoms with van der Waals surface area (Å²) in [4.78, 5) is 14.3. The molecule has 4 nitrogen and oxygen atoms in total. The summed E-state index contributed by atoms with van der Waals surface area (Å²) in [6.07, 6.45) is 4.41. The first-order chi connectivity index (χ1) is 4.30. The lowest BCUT2D eigenvalue weighted by atomic mass is 10.6. The predicted octanol–water partition coefficient (Wildman–Crippen LogP) is -0.713. The maximum absolute atomic E-state index is 10.6. The van der Waals surface area contributed by atoms with Crippen molar-refractivity contribution in [1.29, 1.82) is 0 Å². The quantitative estimate of drug-likeness (QED) is 0.343. The van der Waals surface area contributed by atoms with Crippen LogP contribution in [-0.4, -0.2) is 23.7 Å².